The molecule has 1 aromatic heterocycles. The number of hydrogen-bond donors (Lipinski definition) is 2. The second kappa shape index (κ2) is 6.41. The highest BCUT2D eigenvalue weighted by molar-refractivity contribution is 5.95. The van der Waals surface area contributed by atoms with Gasteiger partial charge in [0.2, 0.25) is 5.91 Å². The quantitative estimate of drug-likeness (QED) is 0.853. The number of amides is 1. The zero-order valence-electron chi connectivity index (χ0n) is 12.9. The van der Waals surface area contributed by atoms with Crippen molar-refractivity contribution in [1.29, 1.82) is 0 Å². The van der Waals surface area contributed by atoms with E-state index in [9.17, 15) is 4.79 Å². The molecule has 2 heterocycles. The molecule has 0 bridgehead atoms. The van der Waals surface area contributed by atoms with E-state index in [0.717, 1.165) is 18.9 Å². The van der Waals surface area contributed by atoms with E-state index in [1.54, 1.807) is 6.20 Å². The van der Waals surface area contributed by atoms with Crippen molar-refractivity contribution in [3.05, 3.63) is 18.3 Å². The molecule has 1 fully saturated rings. The predicted molar refractivity (Wildman–Crippen MR) is 83.3 cm³/mol. The van der Waals surface area contributed by atoms with Crippen LogP contribution in [-0.2, 0) is 9.53 Å². The van der Waals surface area contributed by atoms with Gasteiger partial charge in [-0.15, -0.1) is 0 Å². The smallest absolute Gasteiger partial charge is 0.234 e. The van der Waals surface area contributed by atoms with E-state index in [4.69, 9.17) is 10.5 Å². The van der Waals surface area contributed by atoms with Crippen molar-refractivity contribution in [2.24, 2.45) is 11.1 Å². The lowest BCUT2D eigenvalue weighted by atomic mass is 9.85. The van der Waals surface area contributed by atoms with Gasteiger partial charge in [0.15, 0.2) is 0 Å². The fraction of sp³-hybridized carbons (Fsp3) is 0.600. The van der Waals surface area contributed by atoms with Crippen LogP contribution in [0.4, 0.5) is 11.5 Å². The molecule has 0 radical (unpaired) electrons. The van der Waals surface area contributed by atoms with Crippen LogP contribution in [0.3, 0.4) is 0 Å². The van der Waals surface area contributed by atoms with Crippen LogP contribution < -0.4 is 16.0 Å². The number of nitrogens with zero attached hydrogens (tertiary/aromatic N) is 2. The van der Waals surface area contributed by atoms with E-state index in [-0.39, 0.29) is 11.9 Å². The van der Waals surface area contributed by atoms with Crippen LogP contribution in [0.2, 0.25) is 0 Å². The van der Waals surface area contributed by atoms with Crippen molar-refractivity contribution < 1.29 is 9.53 Å². The lowest BCUT2D eigenvalue weighted by molar-refractivity contribution is -0.125. The summed E-state index contributed by atoms with van der Waals surface area (Å²) in [6.07, 6.45) is 1.68. The first kappa shape index (κ1) is 15.7. The number of nitrogens with one attached hydrogen (secondary N) is 1. The van der Waals surface area contributed by atoms with Crippen molar-refractivity contribution in [1.82, 2.24) is 4.98 Å². The summed E-state index contributed by atoms with van der Waals surface area (Å²) in [5, 5.41) is 2.88. The second-order valence-corrected chi connectivity index (χ2v) is 5.57. The Balaban J connectivity index is 2.05. The van der Waals surface area contributed by atoms with E-state index in [0.29, 0.717) is 18.9 Å². The zero-order chi connectivity index (χ0) is 15.5. The Hall–Kier alpha value is -1.66. The second-order valence-electron chi connectivity index (χ2n) is 5.57. The molecule has 0 aliphatic carbocycles. The van der Waals surface area contributed by atoms with Crippen molar-refractivity contribution in [2.75, 3.05) is 36.5 Å². The van der Waals surface area contributed by atoms with Gasteiger partial charge in [-0.25, -0.2) is 4.98 Å². The van der Waals surface area contributed by atoms with E-state index in [1.807, 2.05) is 19.1 Å². The molecule has 1 aliphatic rings. The van der Waals surface area contributed by atoms with Gasteiger partial charge in [0, 0.05) is 19.1 Å². The van der Waals surface area contributed by atoms with Gasteiger partial charge in [0.1, 0.15) is 5.82 Å². The first-order valence-electron chi connectivity index (χ1n) is 7.37. The van der Waals surface area contributed by atoms with Crippen molar-refractivity contribution in [2.45, 2.75) is 26.8 Å². The summed E-state index contributed by atoms with van der Waals surface area (Å²) < 4.78 is 5.30. The summed E-state index contributed by atoms with van der Waals surface area (Å²) in [6.45, 7) is 8.58. The first-order chi connectivity index (χ1) is 10.0. The molecule has 2 unspecified atom stereocenters. The van der Waals surface area contributed by atoms with Gasteiger partial charge < -0.3 is 20.7 Å². The van der Waals surface area contributed by atoms with Gasteiger partial charge in [-0.1, -0.05) is 0 Å². The Morgan fingerprint density at radius 3 is 2.71 bits per heavy atom. The molecule has 1 saturated heterocycles. The minimum absolute atomic E-state index is 0.120. The third kappa shape index (κ3) is 3.16. The molecule has 21 heavy (non-hydrogen) atoms. The molecule has 1 amide bonds. The Bertz CT molecular complexity index is 487. The van der Waals surface area contributed by atoms with E-state index >= 15 is 0 Å². The summed E-state index contributed by atoms with van der Waals surface area (Å²) in [4.78, 5) is 18.9. The fourth-order valence-corrected chi connectivity index (χ4v) is 2.39. The molecule has 0 saturated carbocycles. The van der Waals surface area contributed by atoms with Gasteiger partial charge in [-0.3, -0.25) is 4.79 Å². The molecule has 116 valence electrons. The standard InChI is InChI=1S/C15H24N4O2/c1-4-19(5-2)13-7-6-11(8-17-13)18-14(20)15(3)10-21-9-12(15)16/h6-8,12H,4-5,9-10,16H2,1-3H3,(H,18,20). The van der Waals surface area contributed by atoms with Crippen LogP contribution in [0.5, 0.6) is 0 Å². The van der Waals surface area contributed by atoms with Gasteiger partial charge in [0.25, 0.3) is 0 Å². The Labute approximate surface area is 125 Å². The van der Waals surface area contributed by atoms with Crippen LogP contribution in [0, 0.1) is 5.41 Å². The molecule has 0 aromatic carbocycles. The van der Waals surface area contributed by atoms with Gasteiger partial charge in [-0.05, 0) is 32.9 Å². The number of hydrogen-bond acceptors (Lipinski definition) is 5. The Morgan fingerprint density at radius 2 is 2.24 bits per heavy atom. The predicted octanol–water partition coefficient (Wildman–Crippen LogP) is 1.23. The molecule has 2 atom stereocenters. The topological polar surface area (TPSA) is 80.5 Å². The summed E-state index contributed by atoms with van der Waals surface area (Å²) in [5.74, 6) is 0.787. The maximum absolute atomic E-state index is 12.4. The van der Waals surface area contributed by atoms with Crippen LogP contribution in [0.25, 0.3) is 0 Å². The van der Waals surface area contributed by atoms with Gasteiger partial charge >= 0.3 is 0 Å². The molecule has 0 spiro atoms. The lowest BCUT2D eigenvalue weighted by Gasteiger charge is -2.25. The molecular formula is C15H24N4O2. The van der Waals surface area contributed by atoms with E-state index in [1.165, 1.54) is 0 Å². The first-order valence-corrected chi connectivity index (χ1v) is 7.37. The van der Waals surface area contributed by atoms with Crippen LogP contribution in [0.1, 0.15) is 20.8 Å². The number of aromatic nitrogens is 1. The summed E-state index contributed by atoms with van der Waals surface area (Å²) in [7, 11) is 0. The number of rotatable bonds is 5. The SMILES string of the molecule is CCN(CC)c1ccc(NC(=O)C2(C)COCC2N)cn1. The molecule has 3 N–H and O–H groups in total. The maximum Gasteiger partial charge on any atom is 0.234 e. The van der Waals surface area contributed by atoms with Crippen molar-refractivity contribution in [3.8, 4) is 0 Å². The lowest BCUT2D eigenvalue weighted by Crippen LogP contribution is -2.47. The van der Waals surface area contributed by atoms with Crippen LogP contribution >= 0.6 is 0 Å². The number of carbonyl (C=O) groups excluding carboxylic acids is 1. The van der Waals surface area contributed by atoms with Gasteiger partial charge in [-0.2, -0.15) is 0 Å². The highest BCUT2D eigenvalue weighted by Crippen LogP contribution is 2.28. The average Bonchev–Trinajstić information content (AvgIpc) is 2.83. The fourth-order valence-electron chi connectivity index (χ4n) is 2.39. The summed E-state index contributed by atoms with van der Waals surface area (Å²) in [5.41, 5.74) is 5.95. The van der Waals surface area contributed by atoms with Gasteiger partial charge in [0.05, 0.1) is 30.5 Å². The van der Waals surface area contributed by atoms with Crippen molar-refractivity contribution in [3.63, 3.8) is 0 Å². The molecule has 6 heteroatoms. The summed E-state index contributed by atoms with van der Waals surface area (Å²) >= 11 is 0. The van der Waals surface area contributed by atoms with E-state index < -0.39 is 5.41 Å². The molecular weight excluding hydrogens is 268 g/mol. The Kier molecular flexibility index (Phi) is 4.80. The minimum Gasteiger partial charge on any atom is -0.379 e. The third-order valence-electron chi connectivity index (χ3n) is 4.13. The highest BCUT2D eigenvalue weighted by Gasteiger charge is 2.44. The van der Waals surface area contributed by atoms with Crippen molar-refractivity contribution >= 4 is 17.4 Å². The number of ether oxygens (including phenoxy) is 1. The Morgan fingerprint density at radius 1 is 1.52 bits per heavy atom. The normalized spacial score (nSPS) is 24.9. The highest BCUT2D eigenvalue weighted by atomic mass is 16.5. The number of nitrogens with two attached hydrogens (primary N) is 1. The zero-order valence-corrected chi connectivity index (χ0v) is 12.9. The number of anilines is 2. The number of carbonyl (C=O) groups is 1. The molecule has 2 rings (SSSR count). The van der Waals surface area contributed by atoms with Crippen LogP contribution in [0.15, 0.2) is 18.3 Å². The van der Waals surface area contributed by atoms with Crippen LogP contribution in [-0.4, -0.2) is 43.2 Å². The number of pyridine rings is 1. The molecule has 6 nitrogen and oxygen atoms in total. The summed E-state index contributed by atoms with van der Waals surface area (Å²) in [6, 6.07) is 3.50. The van der Waals surface area contributed by atoms with E-state index in [2.05, 4.69) is 29.0 Å². The monoisotopic (exact) mass is 292 g/mol. The largest absolute Gasteiger partial charge is 0.379 e. The average molecular weight is 292 g/mol. The third-order valence-corrected chi connectivity index (χ3v) is 4.13. The molecule has 1 aliphatic heterocycles. The molecule has 1 aromatic rings. The maximum atomic E-state index is 12.4. The minimum atomic E-state index is -0.683.